The lowest BCUT2D eigenvalue weighted by Crippen LogP contribution is -1.74. The summed E-state index contributed by atoms with van der Waals surface area (Å²) in [5.41, 5.74) is 0. The van der Waals surface area contributed by atoms with Gasteiger partial charge in [-0.05, 0) is 35.3 Å². The van der Waals surface area contributed by atoms with Crippen molar-refractivity contribution in [2.75, 3.05) is 20.3 Å². The molecule has 0 bridgehead atoms. The maximum absolute atomic E-state index is 5.07. The summed E-state index contributed by atoms with van der Waals surface area (Å²) in [7, 11) is 1.46. The van der Waals surface area contributed by atoms with Gasteiger partial charge < -0.3 is 9.26 Å². The molecule has 1 heterocycles. The second-order valence-corrected chi connectivity index (χ2v) is 4.83. The molecule has 0 radical (unpaired) electrons. The molecule has 5 heteroatoms. The summed E-state index contributed by atoms with van der Waals surface area (Å²) in [5, 5.41) is 0. The van der Waals surface area contributed by atoms with Crippen LogP contribution in [0.25, 0.3) is 0 Å². The molecule has 1 aliphatic rings. The van der Waals surface area contributed by atoms with Crippen molar-refractivity contribution < 1.29 is 9.26 Å². The van der Waals surface area contributed by atoms with Gasteiger partial charge in [-0.3, -0.25) is 0 Å². The Hall–Kier alpha value is 0.930. The Bertz CT molecular complexity index is 61.1. The van der Waals surface area contributed by atoms with E-state index in [1.54, 1.807) is 0 Å². The molecule has 1 fully saturated rings. The van der Waals surface area contributed by atoms with Crippen molar-refractivity contribution in [3.63, 3.8) is 0 Å². The minimum Gasteiger partial charge on any atom is -0.381 e. The van der Waals surface area contributed by atoms with E-state index in [0.717, 1.165) is 13.2 Å². The van der Waals surface area contributed by atoms with E-state index in [-0.39, 0.29) is 0 Å². The van der Waals surface area contributed by atoms with Crippen LogP contribution in [-0.2, 0) is 9.26 Å². The zero-order valence-corrected chi connectivity index (χ0v) is 8.25. The van der Waals surface area contributed by atoms with Gasteiger partial charge in [0.1, 0.15) is 0 Å². The van der Waals surface area contributed by atoms with Gasteiger partial charge in [-0.1, -0.05) is 0 Å². The Balaban J connectivity index is 0.000000162. The molecule has 0 unspecified atom stereocenters. The molecule has 1 rings (SSSR count). The van der Waals surface area contributed by atoms with Crippen molar-refractivity contribution in [3.05, 3.63) is 0 Å². The molecule has 0 N–H and O–H groups in total. The molecule has 1 saturated heterocycles. The molecule has 0 atom stereocenters. The van der Waals surface area contributed by atoms with E-state index in [0.29, 0.717) is 0 Å². The van der Waals surface area contributed by atoms with E-state index in [4.69, 9.17) is 27.2 Å². The maximum Gasteiger partial charge on any atom is 0.225 e. The molecule has 0 aromatic rings. The summed E-state index contributed by atoms with van der Waals surface area (Å²) in [6.45, 7) is 0.846. The minimum atomic E-state index is -1.15. The fraction of sp³-hybridized carbons (Fsp3) is 1.00. The van der Waals surface area contributed by atoms with E-state index in [2.05, 4.69) is 4.52 Å². The molecule has 0 aromatic carbocycles. The van der Waals surface area contributed by atoms with Gasteiger partial charge in [-0.25, -0.2) is 0 Å². The van der Waals surface area contributed by atoms with Crippen LogP contribution < -0.4 is 0 Å². The Labute approximate surface area is 72.2 Å². The highest BCUT2D eigenvalue weighted by Crippen LogP contribution is 2.46. The quantitative estimate of drug-likeness (QED) is 0.612. The van der Waals surface area contributed by atoms with Gasteiger partial charge in [0.25, 0.3) is 0 Å². The Morgan fingerprint density at radius 1 is 1.30 bits per heavy atom. The van der Waals surface area contributed by atoms with Crippen molar-refractivity contribution in [1.29, 1.82) is 0 Å². The first-order chi connectivity index (χ1) is 4.77. The molecule has 0 saturated carbocycles. The van der Waals surface area contributed by atoms with Gasteiger partial charge in [-0.15, -0.1) is 0 Å². The normalized spacial score (nSPS) is 16.8. The van der Waals surface area contributed by atoms with Gasteiger partial charge in [-0.2, -0.15) is 0 Å². The molecular formula is C5H11Cl2O2P. The molecule has 1 aliphatic heterocycles. The summed E-state index contributed by atoms with van der Waals surface area (Å²) in [5.74, 6) is 0. The Morgan fingerprint density at radius 3 is 1.80 bits per heavy atom. The fourth-order valence-electron chi connectivity index (χ4n) is 0.510. The molecule has 10 heavy (non-hydrogen) atoms. The Morgan fingerprint density at radius 2 is 1.70 bits per heavy atom. The lowest BCUT2D eigenvalue weighted by Gasteiger charge is -1.87. The molecule has 0 amide bonds. The standard InChI is InChI=1S/C4H8O.CH3Cl2OP/c1-2-4-5-3-1;1-4-5(2)3/h1-4H2;1H3. The predicted molar refractivity (Wildman–Crippen MR) is 45.7 cm³/mol. The first-order valence-corrected chi connectivity index (χ1v) is 6.08. The summed E-state index contributed by atoms with van der Waals surface area (Å²) >= 11 is 10.1. The van der Waals surface area contributed by atoms with E-state index >= 15 is 0 Å². The number of ether oxygens (including phenoxy) is 1. The Kier molecular flexibility index (Phi) is 8.78. The van der Waals surface area contributed by atoms with E-state index in [1.807, 2.05) is 0 Å². The minimum absolute atomic E-state index is 1.00. The number of halogens is 2. The van der Waals surface area contributed by atoms with Crippen molar-refractivity contribution in [1.82, 2.24) is 0 Å². The molecule has 0 aliphatic carbocycles. The van der Waals surface area contributed by atoms with Crippen LogP contribution in [-0.4, -0.2) is 20.3 Å². The second-order valence-electron chi connectivity index (χ2n) is 1.70. The summed E-state index contributed by atoms with van der Waals surface area (Å²) < 4.78 is 9.29. The summed E-state index contributed by atoms with van der Waals surface area (Å²) in [6, 6.07) is 0. The van der Waals surface area contributed by atoms with E-state index in [9.17, 15) is 0 Å². The zero-order chi connectivity index (χ0) is 7.82. The summed E-state index contributed by atoms with van der Waals surface area (Å²) in [4.78, 5) is 0. The molecular weight excluding hydrogens is 194 g/mol. The van der Waals surface area contributed by atoms with Crippen LogP contribution in [0, 0.1) is 0 Å². The van der Waals surface area contributed by atoms with Gasteiger partial charge in [0.05, 0.1) is 0 Å². The highest BCUT2D eigenvalue weighted by atomic mass is 35.9. The zero-order valence-electron chi connectivity index (χ0n) is 5.85. The van der Waals surface area contributed by atoms with Gasteiger partial charge in [0.15, 0.2) is 0 Å². The average molecular weight is 205 g/mol. The largest absolute Gasteiger partial charge is 0.381 e. The van der Waals surface area contributed by atoms with Crippen LogP contribution in [0.4, 0.5) is 0 Å². The fourth-order valence-corrected chi connectivity index (χ4v) is 0.510. The first-order valence-electron chi connectivity index (χ1n) is 3.01. The lowest BCUT2D eigenvalue weighted by molar-refractivity contribution is 0.198. The van der Waals surface area contributed by atoms with Crippen LogP contribution in [0.1, 0.15) is 12.8 Å². The van der Waals surface area contributed by atoms with E-state index in [1.165, 1.54) is 20.0 Å². The molecule has 0 aromatic heterocycles. The first kappa shape index (κ1) is 10.9. The van der Waals surface area contributed by atoms with Crippen LogP contribution in [0.3, 0.4) is 0 Å². The van der Waals surface area contributed by atoms with Crippen LogP contribution in [0.5, 0.6) is 0 Å². The third-order valence-corrected chi connectivity index (χ3v) is 2.07. The monoisotopic (exact) mass is 204 g/mol. The topological polar surface area (TPSA) is 18.5 Å². The SMILES string of the molecule is C1CCOC1.COP(Cl)Cl. The number of hydrogen-bond donors (Lipinski definition) is 0. The highest BCUT2D eigenvalue weighted by molar-refractivity contribution is 8.00. The molecule has 0 spiro atoms. The molecule has 62 valence electrons. The maximum atomic E-state index is 5.07. The van der Waals surface area contributed by atoms with Gasteiger partial charge in [0, 0.05) is 20.3 Å². The predicted octanol–water partition coefficient (Wildman–Crippen LogP) is 3.13. The van der Waals surface area contributed by atoms with Crippen LogP contribution in [0.15, 0.2) is 0 Å². The number of rotatable bonds is 1. The van der Waals surface area contributed by atoms with Crippen LogP contribution >= 0.6 is 29.3 Å². The smallest absolute Gasteiger partial charge is 0.225 e. The van der Waals surface area contributed by atoms with Gasteiger partial charge in [0.2, 0.25) is 6.85 Å². The molecule has 2 nitrogen and oxygen atoms in total. The lowest BCUT2D eigenvalue weighted by atomic mass is 10.4. The van der Waals surface area contributed by atoms with Crippen molar-refractivity contribution in [2.24, 2.45) is 0 Å². The van der Waals surface area contributed by atoms with Crippen molar-refractivity contribution in [2.45, 2.75) is 12.8 Å². The third kappa shape index (κ3) is 8.93. The highest BCUT2D eigenvalue weighted by Gasteiger charge is 1.94. The second kappa shape index (κ2) is 8.03. The van der Waals surface area contributed by atoms with Crippen molar-refractivity contribution >= 4 is 29.3 Å². The number of hydrogen-bond acceptors (Lipinski definition) is 2. The summed E-state index contributed by atoms with van der Waals surface area (Å²) in [6.07, 6.45) is 2.56. The van der Waals surface area contributed by atoms with E-state index < -0.39 is 6.85 Å². The van der Waals surface area contributed by atoms with Crippen LogP contribution in [0.2, 0.25) is 0 Å². The average Bonchev–Trinajstić information content (AvgIpc) is 2.43. The third-order valence-electron chi connectivity index (χ3n) is 0.965. The van der Waals surface area contributed by atoms with Crippen molar-refractivity contribution in [3.8, 4) is 0 Å². The van der Waals surface area contributed by atoms with Gasteiger partial charge >= 0.3 is 0 Å².